The van der Waals surface area contributed by atoms with Gasteiger partial charge in [0.25, 0.3) is 0 Å². The molecule has 34 heavy (non-hydrogen) atoms. The average Bonchev–Trinajstić information content (AvgIpc) is 3.05. The second kappa shape index (κ2) is 10.6. The van der Waals surface area contributed by atoms with Gasteiger partial charge in [0, 0.05) is 24.2 Å². The highest BCUT2D eigenvalue weighted by Gasteiger charge is 2.41. The molecule has 9 nitrogen and oxygen atoms in total. The number of nitrogens with one attached hydrogen (secondary N) is 2. The van der Waals surface area contributed by atoms with Crippen molar-refractivity contribution in [1.82, 2.24) is 15.0 Å². The van der Waals surface area contributed by atoms with Gasteiger partial charge >= 0.3 is 6.18 Å². The van der Waals surface area contributed by atoms with Crippen molar-refractivity contribution in [2.75, 3.05) is 30.9 Å². The van der Waals surface area contributed by atoms with E-state index >= 15 is 0 Å². The molecule has 0 aromatic carbocycles. The van der Waals surface area contributed by atoms with Gasteiger partial charge in [-0.1, -0.05) is 23.4 Å². The Hall–Kier alpha value is -2.85. The molecule has 1 aliphatic rings. The minimum Gasteiger partial charge on any atom is -0.481 e. The molecular formula is C21H23ClF3N5O4. The molecule has 13 heteroatoms. The Morgan fingerprint density at radius 2 is 1.91 bits per heavy atom. The molecule has 2 aromatic rings. The van der Waals surface area contributed by atoms with Crippen molar-refractivity contribution in [3.8, 4) is 17.7 Å². The van der Waals surface area contributed by atoms with Crippen LogP contribution in [0.4, 0.5) is 24.9 Å². The number of aromatic nitrogens is 3. The number of halogens is 4. The first-order valence-electron chi connectivity index (χ1n) is 10.2. The predicted molar refractivity (Wildman–Crippen MR) is 118 cm³/mol. The molecule has 0 radical (unpaired) electrons. The molecule has 0 bridgehead atoms. The number of aryl methyl sites for hydroxylation is 1. The maximum atomic E-state index is 12.6. The molecule has 184 valence electrons. The maximum absolute atomic E-state index is 12.6. The fraction of sp³-hybridized carbons (Fsp3) is 0.476. The smallest absolute Gasteiger partial charge is 0.405 e. The minimum absolute atomic E-state index is 0.0360. The number of pyridine rings is 1. The van der Waals surface area contributed by atoms with E-state index in [1.54, 1.807) is 19.1 Å². The van der Waals surface area contributed by atoms with Crippen molar-refractivity contribution in [3.05, 3.63) is 34.1 Å². The van der Waals surface area contributed by atoms with Crippen molar-refractivity contribution in [2.24, 2.45) is 5.92 Å². The van der Waals surface area contributed by atoms with Crippen LogP contribution < -0.4 is 15.4 Å². The number of hydrogen-bond acceptors (Lipinski definition) is 9. The van der Waals surface area contributed by atoms with Crippen LogP contribution >= 0.6 is 11.6 Å². The van der Waals surface area contributed by atoms with E-state index in [4.69, 9.17) is 16.3 Å². The lowest BCUT2D eigenvalue weighted by Gasteiger charge is -2.20. The quantitative estimate of drug-likeness (QED) is 0.296. The van der Waals surface area contributed by atoms with E-state index in [0.717, 1.165) is 0 Å². The number of rotatable bonds is 6. The minimum atomic E-state index is -4.51. The van der Waals surface area contributed by atoms with Gasteiger partial charge in [0.1, 0.15) is 24.0 Å². The van der Waals surface area contributed by atoms with E-state index < -0.39 is 42.8 Å². The number of ether oxygens (including phenoxy) is 1. The zero-order chi connectivity index (χ0) is 25.0. The number of alkyl halides is 3. The molecule has 5 N–H and O–H groups in total. The summed E-state index contributed by atoms with van der Waals surface area (Å²) in [5.74, 6) is 5.06. The van der Waals surface area contributed by atoms with Gasteiger partial charge < -0.3 is 30.7 Å². The fourth-order valence-electron chi connectivity index (χ4n) is 3.44. The Bertz CT molecular complexity index is 1090. The maximum Gasteiger partial charge on any atom is 0.405 e. The van der Waals surface area contributed by atoms with Crippen LogP contribution in [0.15, 0.2) is 12.1 Å². The zero-order valence-corrected chi connectivity index (χ0v) is 18.9. The Labute approximate surface area is 198 Å². The SMILES string of the molecule is COc1ccc(C#Cc2c(Cl)nc(NCC(F)(F)F)nc2NC2CC(CO)C(O)C2O)c(C)n1. The molecular weight excluding hydrogens is 479 g/mol. The van der Waals surface area contributed by atoms with Gasteiger partial charge in [0.2, 0.25) is 11.8 Å². The lowest BCUT2D eigenvalue weighted by Crippen LogP contribution is -2.36. The van der Waals surface area contributed by atoms with Crippen LogP contribution in [0.1, 0.15) is 23.2 Å². The Kier molecular flexibility index (Phi) is 8.04. The topological polar surface area (TPSA) is 133 Å². The second-order valence-corrected chi connectivity index (χ2v) is 8.04. The summed E-state index contributed by atoms with van der Waals surface area (Å²) >= 11 is 6.24. The third kappa shape index (κ3) is 6.18. The first-order valence-corrected chi connectivity index (χ1v) is 10.6. The summed E-state index contributed by atoms with van der Waals surface area (Å²) in [5.41, 5.74) is 1.18. The fourth-order valence-corrected chi connectivity index (χ4v) is 3.66. The third-order valence-corrected chi connectivity index (χ3v) is 5.54. The van der Waals surface area contributed by atoms with Crippen LogP contribution in [0.5, 0.6) is 5.88 Å². The predicted octanol–water partition coefficient (Wildman–Crippen LogP) is 1.73. The van der Waals surface area contributed by atoms with Crippen molar-refractivity contribution in [2.45, 2.75) is 37.8 Å². The molecule has 0 saturated heterocycles. The Morgan fingerprint density at radius 3 is 2.50 bits per heavy atom. The van der Waals surface area contributed by atoms with Gasteiger partial charge in [-0.25, -0.2) is 4.98 Å². The molecule has 1 aliphatic carbocycles. The zero-order valence-electron chi connectivity index (χ0n) is 18.2. The molecule has 0 aliphatic heterocycles. The van der Waals surface area contributed by atoms with Gasteiger partial charge in [0.05, 0.1) is 24.9 Å². The molecule has 1 fully saturated rings. The number of nitrogens with zero attached hydrogens (tertiary/aromatic N) is 3. The number of aliphatic hydroxyl groups excluding tert-OH is 3. The van der Waals surface area contributed by atoms with E-state index in [1.807, 2.05) is 0 Å². The van der Waals surface area contributed by atoms with E-state index in [1.165, 1.54) is 7.11 Å². The molecule has 0 amide bonds. The molecule has 4 unspecified atom stereocenters. The van der Waals surface area contributed by atoms with E-state index in [0.29, 0.717) is 17.1 Å². The molecule has 3 rings (SSSR count). The van der Waals surface area contributed by atoms with Crippen molar-refractivity contribution in [3.63, 3.8) is 0 Å². The van der Waals surface area contributed by atoms with Gasteiger partial charge in [0.15, 0.2) is 5.15 Å². The largest absolute Gasteiger partial charge is 0.481 e. The van der Waals surface area contributed by atoms with Crippen LogP contribution in [0.3, 0.4) is 0 Å². The Morgan fingerprint density at radius 1 is 1.18 bits per heavy atom. The van der Waals surface area contributed by atoms with Crippen molar-refractivity contribution >= 4 is 23.4 Å². The normalized spacial score (nSPS) is 22.1. The first kappa shape index (κ1) is 25.8. The summed E-state index contributed by atoms with van der Waals surface area (Å²) in [5, 5.41) is 34.5. The van der Waals surface area contributed by atoms with Crippen LogP contribution in [-0.4, -0.2) is 75.0 Å². The monoisotopic (exact) mass is 501 g/mol. The summed E-state index contributed by atoms with van der Waals surface area (Å²) in [6.45, 7) is -0.0170. The highest BCUT2D eigenvalue weighted by Crippen LogP contribution is 2.31. The first-order chi connectivity index (χ1) is 16.0. The molecule has 2 aromatic heterocycles. The van der Waals surface area contributed by atoms with Gasteiger partial charge in [-0.05, 0) is 19.4 Å². The van der Waals surface area contributed by atoms with E-state index in [9.17, 15) is 28.5 Å². The summed E-state index contributed by atoms with van der Waals surface area (Å²) in [6.07, 6.45) is -6.78. The highest BCUT2D eigenvalue weighted by molar-refractivity contribution is 6.31. The number of hydrogen-bond donors (Lipinski definition) is 5. The van der Waals surface area contributed by atoms with Crippen LogP contribution in [-0.2, 0) is 0 Å². The summed E-state index contributed by atoms with van der Waals surface area (Å²) in [7, 11) is 1.48. The average molecular weight is 502 g/mol. The van der Waals surface area contributed by atoms with Crippen LogP contribution in [0, 0.1) is 24.7 Å². The molecule has 4 atom stereocenters. The molecule has 1 saturated carbocycles. The number of anilines is 2. The summed E-state index contributed by atoms with van der Waals surface area (Å²) in [6, 6.07) is 2.53. The lowest BCUT2D eigenvalue weighted by molar-refractivity contribution is -0.115. The van der Waals surface area contributed by atoms with Crippen molar-refractivity contribution < 1.29 is 33.2 Å². The van der Waals surface area contributed by atoms with Crippen molar-refractivity contribution in [1.29, 1.82) is 0 Å². The highest BCUT2D eigenvalue weighted by atomic mass is 35.5. The van der Waals surface area contributed by atoms with Crippen LogP contribution in [0.2, 0.25) is 5.15 Å². The molecule has 0 spiro atoms. The molecule has 2 heterocycles. The van der Waals surface area contributed by atoms with Gasteiger partial charge in [-0.2, -0.15) is 23.1 Å². The third-order valence-electron chi connectivity index (χ3n) is 5.26. The summed E-state index contributed by atoms with van der Waals surface area (Å²) < 4.78 is 43.0. The van der Waals surface area contributed by atoms with E-state index in [-0.39, 0.29) is 29.6 Å². The van der Waals surface area contributed by atoms with Gasteiger partial charge in [-0.15, -0.1) is 0 Å². The van der Waals surface area contributed by atoms with Gasteiger partial charge in [-0.3, -0.25) is 0 Å². The Balaban J connectivity index is 1.98. The standard InChI is InChI=1S/C21H23ClF3N5O4/c1-10-11(4-6-15(27-10)34-2)3-5-13-18(22)29-20(26-9-21(23,24)25)30-19(13)28-14-7-12(8-31)16(32)17(14)33/h4,6,12,14,16-17,31-33H,7-9H2,1-2H3,(H2,26,28,29,30). The number of aliphatic hydroxyl groups is 3. The lowest BCUT2D eigenvalue weighted by atomic mass is 10.1. The van der Waals surface area contributed by atoms with Crippen LogP contribution in [0.25, 0.3) is 0 Å². The van der Waals surface area contributed by atoms with E-state index in [2.05, 4.69) is 37.4 Å². The summed E-state index contributed by atoms with van der Waals surface area (Å²) in [4.78, 5) is 12.1. The number of methoxy groups -OCH3 is 1. The second-order valence-electron chi connectivity index (χ2n) is 7.68.